The lowest BCUT2D eigenvalue weighted by Gasteiger charge is -2.25. The van der Waals surface area contributed by atoms with E-state index >= 15 is 0 Å². The fraction of sp³-hybridized carbons (Fsp3) is 0.429. The maximum absolute atomic E-state index is 11.7. The topological polar surface area (TPSA) is 68.2 Å². The van der Waals surface area contributed by atoms with Gasteiger partial charge in [0.25, 0.3) is 0 Å². The van der Waals surface area contributed by atoms with Gasteiger partial charge in [-0.2, -0.15) is 0 Å². The maximum atomic E-state index is 11.7. The maximum Gasteiger partial charge on any atom is 0.321 e. The quantitative estimate of drug-likeness (QED) is 0.550. The van der Waals surface area contributed by atoms with E-state index < -0.39 is 6.03 Å². The molecule has 0 fully saturated rings. The SMILES string of the molecule is Cc1cc(Cl)ccc1N(C)C(=N)NC(=O)NC(C)(C)C. The lowest BCUT2D eigenvalue weighted by atomic mass is 10.1. The van der Waals surface area contributed by atoms with E-state index in [0.717, 1.165) is 11.3 Å². The first-order valence-electron chi connectivity index (χ1n) is 6.28. The summed E-state index contributed by atoms with van der Waals surface area (Å²) in [6.45, 7) is 7.54. The van der Waals surface area contributed by atoms with Gasteiger partial charge in [0.15, 0.2) is 0 Å². The van der Waals surface area contributed by atoms with Gasteiger partial charge >= 0.3 is 6.03 Å². The van der Waals surface area contributed by atoms with Crippen LogP contribution in [0.2, 0.25) is 5.02 Å². The molecule has 20 heavy (non-hydrogen) atoms. The summed E-state index contributed by atoms with van der Waals surface area (Å²) in [6, 6.07) is 4.98. The largest absolute Gasteiger partial charge is 0.333 e. The molecule has 2 amide bonds. The van der Waals surface area contributed by atoms with Gasteiger partial charge in [0.1, 0.15) is 0 Å². The standard InChI is InChI=1S/C14H21ClN4O/c1-9-8-10(15)6-7-11(9)19(5)12(16)17-13(20)18-14(2,3)4/h6-8H,1-5H3,(H3,16,17,18,20). The molecule has 0 atom stereocenters. The number of nitrogens with one attached hydrogen (secondary N) is 3. The van der Waals surface area contributed by atoms with Crippen molar-refractivity contribution in [2.24, 2.45) is 0 Å². The first-order valence-corrected chi connectivity index (χ1v) is 6.65. The summed E-state index contributed by atoms with van der Waals surface area (Å²) in [5, 5.41) is 13.8. The number of anilines is 1. The molecule has 6 heteroatoms. The highest BCUT2D eigenvalue weighted by Gasteiger charge is 2.17. The van der Waals surface area contributed by atoms with Crippen LogP contribution in [0.25, 0.3) is 0 Å². The van der Waals surface area contributed by atoms with Crippen molar-refractivity contribution >= 4 is 29.3 Å². The predicted octanol–water partition coefficient (Wildman–Crippen LogP) is 3.12. The van der Waals surface area contributed by atoms with Crippen molar-refractivity contribution in [1.82, 2.24) is 10.6 Å². The molecule has 1 rings (SSSR count). The minimum atomic E-state index is -0.402. The molecular formula is C14H21ClN4O. The molecule has 0 aliphatic carbocycles. The van der Waals surface area contributed by atoms with Crippen molar-refractivity contribution < 1.29 is 4.79 Å². The Morgan fingerprint density at radius 1 is 1.35 bits per heavy atom. The molecule has 0 spiro atoms. The van der Waals surface area contributed by atoms with Crippen LogP contribution in [0.1, 0.15) is 26.3 Å². The van der Waals surface area contributed by atoms with Crippen LogP contribution in [0.15, 0.2) is 18.2 Å². The molecule has 0 unspecified atom stereocenters. The molecule has 0 heterocycles. The van der Waals surface area contributed by atoms with Crippen LogP contribution in [0.5, 0.6) is 0 Å². The first kappa shape index (κ1) is 16.3. The first-order chi connectivity index (χ1) is 9.10. The van der Waals surface area contributed by atoms with E-state index in [1.807, 2.05) is 39.8 Å². The third-order valence-electron chi connectivity index (χ3n) is 2.58. The number of amides is 2. The smallest absolute Gasteiger partial charge is 0.321 e. The minimum absolute atomic E-state index is 0.00262. The Hall–Kier alpha value is -1.75. The highest BCUT2D eigenvalue weighted by molar-refractivity contribution is 6.30. The fourth-order valence-corrected chi connectivity index (χ4v) is 1.91. The van der Waals surface area contributed by atoms with Crippen molar-refractivity contribution in [1.29, 1.82) is 5.41 Å². The number of halogens is 1. The molecule has 3 N–H and O–H groups in total. The normalized spacial score (nSPS) is 10.9. The Bertz CT molecular complexity index is 522. The van der Waals surface area contributed by atoms with Crippen molar-refractivity contribution in [3.63, 3.8) is 0 Å². The van der Waals surface area contributed by atoms with E-state index in [1.165, 1.54) is 0 Å². The molecule has 0 bridgehead atoms. The van der Waals surface area contributed by atoms with Crippen LogP contribution in [0.4, 0.5) is 10.5 Å². The van der Waals surface area contributed by atoms with E-state index in [0.29, 0.717) is 5.02 Å². The molecule has 1 aromatic carbocycles. The third-order valence-corrected chi connectivity index (χ3v) is 2.81. The second kappa shape index (κ2) is 6.13. The second-order valence-corrected chi connectivity index (χ2v) is 6.10. The molecule has 0 aromatic heterocycles. The van der Waals surface area contributed by atoms with Gasteiger partial charge in [-0.3, -0.25) is 10.7 Å². The van der Waals surface area contributed by atoms with Gasteiger partial charge in [-0.1, -0.05) is 11.6 Å². The van der Waals surface area contributed by atoms with Crippen LogP contribution in [-0.4, -0.2) is 24.6 Å². The Morgan fingerprint density at radius 2 is 1.95 bits per heavy atom. The number of hydrogen-bond acceptors (Lipinski definition) is 2. The van der Waals surface area contributed by atoms with Gasteiger partial charge in [-0.25, -0.2) is 4.79 Å². The van der Waals surface area contributed by atoms with Crippen LogP contribution in [-0.2, 0) is 0 Å². The van der Waals surface area contributed by atoms with Crippen molar-refractivity contribution in [2.45, 2.75) is 33.2 Å². The number of urea groups is 1. The van der Waals surface area contributed by atoms with E-state index in [2.05, 4.69) is 10.6 Å². The third kappa shape index (κ3) is 4.74. The minimum Gasteiger partial charge on any atom is -0.333 e. The molecule has 5 nitrogen and oxygen atoms in total. The average Bonchev–Trinajstić information content (AvgIpc) is 2.25. The number of guanidine groups is 1. The zero-order valence-corrected chi connectivity index (χ0v) is 13.2. The molecule has 110 valence electrons. The number of carbonyl (C=O) groups is 1. The number of rotatable bonds is 1. The number of benzene rings is 1. The summed E-state index contributed by atoms with van der Waals surface area (Å²) in [5.41, 5.74) is 1.40. The molecule has 0 saturated heterocycles. The Kier molecular flexibility index (Phi) is 5.00. The lowest BCUT2D eigenvalue weighted by molar-refractivity contribution is 0.236. The van der Waals surface area contributed by atoms with Crippen molar-refractivity contribution in [3.8, 4) is 0 Å². The molecule has 0 radical (unpaired) electrons. The monoisotopic (exact) mass is 296 g/mol. The summed E-state index contributed by atoms with van der Waals surface area (Å²) in [7, 11) is 1.72. The van der Waals surface area contributed by atoms with Gasteiger partial charge in [0, 0.05) is 23.3 Å². The number of hydrogen-bond donors (Lipinski definition) is 3. The highest BCUT2D eigenvalue weighted by atomic mass is 35.5. The van der Waals surface area contributed by atoms with E-state index in [-0.39, 0.29) is 11.5 Å². The van der Waals surface area contributed by atoms with Crippen molar-refractivity contribution in [2.75, 3.05) is 11.9 Å². The van der Waals surface area contributed by atoms with Crippen LogP contribution in [0, 0.1) is 12.3 Å². The van der Waals surface area contributed by atoms with Gasteiger partial charge < -0.3 is 10.2 Å². The van der Waals surface area contributed by atoms with Gasteiger partial charge in [-0.15, -0.1) is 0 Å². The molecule has 0 aliphatic heterocycles. The Morgan fingerprint density at radius 3 is 2.45 bits per heavy atom. The average molecular weight is 297 g/mol. The fourth-order valence-electron chi connectivity index (χ4n) is 1.68. The number of aryl methyl sites for hydroxylation is 1. The Balaban J connectivity index is 2.75. The molecule has 1 aromatic rings. The summed E-state index contributed by atoms with van der Waals surface area (Å²) in [4.78, 5) is 13.3. The highest BCUT2D eigenvalue weighted by Crippen LogP contribution is 2.22. The second-order valence-electron chi connectivity index (χ2n) is 5.67. The van der Waals surface area contributed by atoms with E-state index in [4.69, 9.17) is 17.0 Å². The van der Waals surface area contributed by atoms with E-state index in [9.17, 15) is 4.79 Å². The van der Waals surface area contributed by atoms with Crippen LogP contribution >= 0.6 is 11.6 Å². The summed E-state index contributed by atoms with van der Waals surface area (Å²) in [5.74, 6) is -0.00262. The lowest BCUT2D eigenvalue weighted by Crippen LogP contribution is -2.51. The molecule has 0 saturated carbocycles. The van der Waals surface area contributed by atoms with Crippen LogP contribution < -0.4 is 15.5 Å². The molecule has 0 aliphatic rings. The summed E-state index contributed by atoms with van der Waals surface area (Å²) < 4.78 is 0. The number of nitrogens with zero attached hydrogens (tertiary/aromatic N) is 1. The van der Waals surface area contributed by atoms with Gasteiger partial charge in [0.05, 0.1) is 0 Å². The molecular weight excluding hydrogens is 276 g/mol. The van der Waals surface area contributed by atoms with Gasteiger partial charge in [0.2, 0.25) is 5.96 Å². The predicted molar refractivity (Wildman–Crippen MR) is 83.7 cm³/mol. The number of carbonyl (C=O) groups excluding carboxylic acids is 1. The Labute approximate surface area is 124 Å². The summed E-state index contributed by atoms with van der Waals surface area (Å²) >= 11 is 5.91. The van der Waals surface area contributed by atoms with Crippen LogP contribution in [0.3, 0.4) is 0 Å². The van der Waals surface area contributed by atoms with E-state index in [1.54, 1.807) is 18.0 Å². The van der Waals surface area contributed by atoms with Gasteiger partial charge in [-0.05, 0) is 51.5 Å². The summed E-state index contributed by atoms with van der Waals surface area (Å²) in [6.07, 6.45) is 0. The zero-order chi connectivity index (χ0) is 15.5. The zero-order valence-electron chi connectivity index (χ0n) is 12.5. The van der Waals surface area contributed by atoms with Crippen molar-refractivity contribution in [3.05, 3.63) is 28.8 Å².